The summed E-state index contributed by atoms with van der Waals surface area (Å²) in [5.41, 5.74) is 0.819. The fraction of sp³-hybridized carbons (Fsp3) is 0.714. The van der Waals surface area contributed by atoms with Crippen LogP contribution in [-0.2, 0) is 16.8 Å². The van der Waals surface area contributed by atoms with Crippen LogP contribution in [0.5, 0.6) is 0 Å². The van der Waals surface area contributed by atoms with Crippen molar-refractivity contribution in [1.29, 1.82) is 0 Å². The quantitative estimate of drug-likeness (QED) is 0.866. The number of rotatable bonds is 6. The maximum Gasteiger partial charge on any atom is 0.162 e. The van der Waals surface area contributed by atoms with Crippen LogP contribution in [0, 0.1) is 0 Å². The SMILES string of the molecule is CCCc1nc(C2(OC)CCC2)nc(NCC)c1Br. The minimum atomic E-state index is -0.257. The molecule has 1 fully saturated rings. The van der Waals surface area contributed by atoms with Crippen molar-refractivity contribution in [2.45, 2.75) is 51.6 Å². The van der Waals surface area contributed by atoms with E-state index in [0.29, 0.717) is 0 Å². The molecule has 0 saturated heterocycles. The fourth-order valence-electron chi connectivity index (χ4n) is 2.40. The summed E-state index contributed by atoms with van der Waals surface area (Å²) in [6, 6.07) is 0. The summed E-state index contributed by atoms with van der Waals surface area (Å²) in [5, 5.41) is 3.31. The predicted molar refractivity (Wildman–Crippen MR) is 80.4 cm³/mol. The van der Waals surface area contributed by atoms with Gasteiger partial charge in [0.25, 0.3) is 0 Å². The summed E-state index contributed by atoms with van der Waals surface area (Å²) in [6.07, 6.45) is 5.24. The van der Waals surface area contributed by atoms with Gasteiger partial charge < -0.3 is 10.1 Å². The Kier molecular flexibility index (Phi) is 4.79. The summed E-state index contributed by atoms with van der Waals surface area (Å²) in [4.78, 5) is 9.42. The van der Waals surface area contributed by atoms with E-state index in [4.69, 9.17) is 9.72 Å². The Bertz CT molecular complexity index is 414. The van der Waals surface area contributed by atoms with Gasteiger partial charge in [0.1, 0.15) is 11.4 Å². The summed E-state index contributed by atoms with van der Waals surface area (Å²) in [7, 11) is 1.76. The van der Waals surface area contributed by atoms with Crippen molar-refractivity contribution in [3.8, 4) is 0 Å². The molecule has 0 atom stereocenters. The van der Waals surface area contributed by atoms with E-state index in [2.05, 4.69) is 40.1 Å². The van der Waals surface area contributed by atoms with E-state index in [1.807, 2.05) is 0 Å². The lowest BCUT2D eigenvalue weighted by Gasteiger charge is -2.39. The highest BCUT2D eigenvalue weighted by atomic mass is 79.9. The normalized spacial score (nSPS) is 17.1. The molecule has 1 aromatic heterocycles. The van der Waals surface area contributed by atoms with Crippen LogP contribution in [0.1, 0.15) is 51.0 Å². The average molecular weight is 328 g/mol. The zero-order valence-corrected chi connectivity index (χ0v) is 13.5. The molecule has 0 radical (unpaired) electrons. The Hall–Kier alpha value is -0.680. The summed E-state index contributed by atoms with van der Waals surface area (Å²) >= 11 is 3.62. The van der Waals surface area contributed by atoms with Crippen LogP contribution in [-0.4, -0.2) is 23.6 Å². The third kappa shape index (κ3) is 2.77. The Morgan fingerprint density at radius 2 is 2.05 bits per heavy atom. The van der Waals surface area contributed by atoms with Gasteiger partial charge in [-0.1, -0.05) is 13.3 Å². The number of anilines is 1. The number of aromatic nitrogens is 2. The van der Waals surface area contributed by atoms with Gasteiger partial charge in [-0.2, -0.15) is 0 Å². The zero-order valence-electron chi connectivity index (χ0n) is 11.9. The van der Waals surface area contributed by atoms with Gasteiger partial charge in [-0.15, -0.1) is 0 Å². The maximum absolute atomic E-state index is 5.70. The van der Waals surface area contributed by atoms with Crippen molar-refractivity contribution < 1.29 is 4.74 Å². The van der Waals surface area contributed by atoms with E-state index in [-0.39, 0.29) is 5.60 Å². The molecular formula is C14H22BrN3O. The zero-order chi connectivity index (χ0) is 13.9. The largest absolute Gasteiger partial charge is 0.370 e. The number of nitrogens with zero attached hydrogens (tertiary/aromatic N) is 2. The smallest absolute Gasteiger partial charge is 0.162 e. The van der Waals surface area contributed by atoms with Crippen LogP contribution in [0.25, 0.3) is 0 Å². The Balaban J connectivity index is 2.43. The van der Waals surface area contributed by atoms with Gasteiger partial charge >= 0.3 is 0 Å². The Labute approximate surface area is 123 Å². The average Bonchev–Trinajstić information content (AvgIpc) is 2.34. The number of aryl methyl sites for hydroxylation is 1. The first-order valence-corrected chi connectivity index (χ1v) is 7.82. The van der Waals surface area contributed by atoms with Crippen LogP contribution in [0.3, 0.4) is 0 Å². The van der Waals surface area contributed by atoms with Crippen molar-refractivity contribution in [3.05, 3.63) is 16.0 Å². The van der Waals surface area contributed by atoms with Crippen LogP contribution in [0.2, 0.25) is 0 Å². The molecule has 0 spiro atoms. The van der Waals surface area contributed by atoms with Crippen molar-refractivity contribution in [2.75, 3.05) is 19.0 Å². The second-order valence-electron chi connectivity index (χ2n) is 4.99. The first-order chi connectivity index (χ1) is 9.16. The van der Waals surface area contributed by atoms with Gasteiger partial charge in [0.05, 0.1) is 10.2 Å². The first-order valence-electron chi connectivity index (χ1n) is 7.02. The van der Waals surface area contributed by atoms with Crippen LogP contribution >= 0.6 is 15.9 Å². The molecule has 1 aliphatic rings. The molecule has 1 saturated carbocycles. The minimum Gasteiger partial charge on any atom is -0.370 e. The molecule has 2 rings (SSSR count). The highest BCUT2D eigenvalue weighted by Gasteiger charge is 2.42. The van der Waals surface area contributed by atoms with E-state index < -0.39 is 0 Å². The molecule has 106 valence electrons. The first kappa shape index (κ1) is 14.7. The number of hydrogen-bond acceptors (Lipinski definition) is 4. The third-order valence-corrected chi connectivity index (χ3v) is 4.54. The van der Waals surface area contributed by atoms with Gasteiger partial charge in [-0.25, -0.2) is 9.97 Å². The van der Waals surface area contributed by atoms with E-state index >= 15 is 0 Å². The topological polar surface area (TPSA) is 47.0 Å². The minimum absolute atomic E-state index is 0.257. The molecule has 1 aromatic rings. The molecular weight excluding hydrogens is 306 g/mol. The van der Waals surface area contributed by atoms with Gasteiger partial charge in [0.15, 0.2) is 5.82 Å². The lowest BCUT2D eigenvalue weighted by molar-refractivity contribution is -0.0847. The molecule has 0 amide bonds. The van der Waals surface area contributed by atoms with Gasteiger partial charge in [-0.05, 0) is 48.5 Å². The molecule has 0 bridgehead atoms. The van der Waals surface area contributed by atoms with Crippen LogP contribution in [0.15, 0.2) is 4.47 Å². The second kappa shape index (κ2) is 6.18. The lowest BCUT2D eigenvalue weighted by Crippen LogP contribution is -2.38. The summed E-state index contributed by atoms with van der Waals surface area (Å²) in [5.74, 6) is 1.73. The van der Waals surface area contributed by atoms with Crippen molar-refractivity contribution in [2.24, 2.45) is 0 Å². The maximum atomic E-state index is 5.70. The van der Waals surface area contributed by atoms with E-state index in [1.165, 1.54) is 6.42 Å². The Morgan fingerprint density at radius 1 is 1.32 bits per heavy atom. The summed E-state index contributed by atoms with van der Waals surface area (Å²) < 4.78 is 6.69. The van der Waals surface area contributed by atoms with Gasteiger partial charge in [-0.3, -0.25) is 0 Å². The van der Waals surface area contributed by atoms with Crippen LogP contribution < -0.4 is 5.32 Å². The second-order valence-corrected chi connectivity index (χ2v) is 5.78. The molecule has 0 aliphatic heterocycles. The van der Waals surface area contributed by atoms with Crippen molar-refractivity contribution >= 4 is 21.7 Å². The molecule has 0 aromatic carbocycles. The molecule has 5 heteroatoms. The van der Waals surface area contributed by atoms with Crippen molar-refractivity contribution in [3.63, 3.8) is 0 Å². The standard InChI is InChI=1S/C14H22BrN3O/c1-4-7-10-11(15)12(16-5-2)18-13(17-10)14(19-3)8-6-9-14/h4-9H2,1-3H3,(H,16,17,18). The number of hydrogen-bond donors (Lipinski definition) is 1. The molecule has 1 aliphatic carbocycles. The molecule has 1 N–H and O–H groups in total. The van der Waals surface area contributed by atoms with E-state index in [9.17, 15) is 0 Å². The number of ether oxygens (including phenoxy) is 1. The monoisotopic (exact) mass is 327 g/mol. The van der Waals surface area contributed by atoms with Crippen molar-refractivity contribution in [1.82, 2.24) is 9.97 Å². The molecule has 4 nitrogen and oxygen atoms in total. The van der Waals surface area contributed by atoms with E-state index in [0.717, 1.165) is 54.0 Å². The number of nitrogens with one attached hydrogen (secondary N) is 1. The molecule has 0 unspecified atom stereocenters. The highest BCUT2D eigenvalue weighted by molar-refractivity contribution is 9.10. The van der Waals surface area contributed by atoms with Crippen LogP contribution in [0.4, 0.5) is 5.82 Å². The van der Waals surface area contributed by atoms with Gasteiger partial charge in [0.2, 0.25) is 0 Å². The number of methoxy groups -OCH3 is 1. The summed E-state index contributed by atoms with van der Waals surface area (Å²) in [6.45, 7) is 5.08. The third-order valence-electron chi connectivity index (χ3n) is 3.71. The lowest BCUT2D eigenvalue weighted by atomic mass is 9.79. The highest BCUT2D eigenvalue weighted by Crippen LogP contribution is 2.43. The predicted octanol–water partition coefficient (Wildman–Crippen LogP) is 3.65. The van der Waals surface area contributed by atoms with Gasteiger partial charge in [0, 0.05) is 13.7 Å². The van der Waals surface area contributed by atoms with E-state index in [1.54, 1.807) is 7.11 Å². The molecule has 19 heavy (non-hydrogen) atoms. The fourth-order valence-corrected chi connectivity index (χ4v) is 2.92. The Morgan fingerprint density at radius 3 is 2.53 bits per heavy atom. The number of halogens is 1. The molecule has 1 heterocycles.